The summed E-state index contributed by atoms with van der Waals surface area (Å²) in [6, 6.07) is 11.4. The Hall–Kier alpha value is -3.37. The van der Waals surface area contributed by atoms with Crippen molar-refractivity contribution in [1.82, 2.24) is 28.7 Å². The number of amides is 2. The number of morpholine rings is 2. The van der Waals surface area contributed by atoms with Gasteiger partial charge >= 0.3 is 0 Å². The summed E-state index contributed by atoms with van der Waals surface area (Å²) in [4.78, 5) is 70.1. The molecule has 2 aliphatic heterocycles. The summed E-state index contributed by atoms with van der Waals surface area (Å²) in [6.45, 7) is 8.22. The number of carbonyl (C=O) groups excluding carboxylic acids is 5. The van der Waals surface area contributed by atoms with Crippen molar-refractivity contribution in [2.24, 2.45) is 11.8 Å². The highest BCUT2D eigenvalue weighted by molar-refractivity contribution is 7.87. The maximum atomic E-state index is 14.2. The molecule has 2 unspecified atom stereocenters. The summed E-state index contributed by atoms with van der Waals surface area (Å²) >= 11 is 13.1. The number of carbonyl (C=O) groups is 5. The maximum absolute atomic E-state index is 14.2. The molecular weight excluding hydrogens is 888 g/mol. The van der Waals surface area contributed by atoms with E-state index in [1.54, 1.807) is 88.4 Å². The molecule has 0 radical (unpaired) electrons. The first kappa shape index (κ1) is 51.3. The summed E-state index contributed by atoms with van der Waals surface area (Å²) < 4.78 is 71.0. The second-order valence-corrected chi connectivity index (χ2v) is 20.3. The summed E-state index contributed by atoms with van der Waals surface area (Å²) in [7, 11) is -8.30. The normalized spacial score (nSPS) is 18.6. The molecule has 0 spiro atoms. The van der Waals surface area contributed by atoms with E-state index in [-0.39, 0.29) is 90.1 Å². The lowest BCUT2D eigenvalue weighted by molar-refractivity contribution is -0.134. The fourth-order valence-electron chi connectivity index (χ4n) is 6.89. The van der Waals surface area contributed by atoms with Gasteiger partial charge in [0, 0.05) is 26.2 Å². The molecular formula is C41H58Cl2N6O11S2. The van der Waals surface area contributed by atoms with Crippen molar-refractivity contribution >= 4 is 72.8 Å². The van der Waals surface area contributed by atoms with Gasteiger partial charge in [0.1, 0.15) is 12.1 Å². The summed E-state index contributed by atoms with van der Waals surface area (Å²) in [5.74, 6) is -5.25. The highest BCUT2D eigenvalue weighted by atomic mass is 35.5. The molecule has 0 saturated carbocycles. The van der Waals surface area contributed by atoms with Gasteiger partial charge in [0.2, 0.25) is 11.8 Å². The lowest BCUT2D eigenvalue weighted by atomic mass is 9.93. The average molecular weight is 946 g/mol. The van der Waals surface area contributed by atoms with Crippen LogP contribution in [0.3, 0.4) is 0 Å². The molecule has 0 aromatic heterocycles. The third kappa shape index (κ3) is 15.4. The van der Waals surface area contributed by atoms with Crippen LogP contribution in [0.5, 0.6) is 0 Å². The van der Waals surface area contributed by atoms with E-state index in [4.69, 9.17) is 32.7 Å². The summed E-state index contributed by atoms with van der Waals surface area (Å²) in [6.07, 6.45) is -0.190. The van der Waals surface area contributed by atoms with Crippen LogP contribution < -0.4 is 20.1 Å². The monoisotopic (exact) mass is 944 g/mol. The Morgan fingerprint density at radius 1 is 0.548 bits per heavy atom. The number of halogens is 2. The van der Waals surface area contributed by atoms with Gasteiger partial charge in [-0.1, -0.05) is 88.4 Å². The van der Waals surface area contributed by atoms with Gasteiger partial charge in [-0.05, 0) is 48.6 Å². The Morgan fingerprint density at radius 3 is 1.18 bits per heavy atom. The number of ketones is 3. The number of benzene rings is 2. The van der Waals surface area contributed by atoms with Gasteiger partial charge < -0.3 is 20.1 Å². The highest BCUT2D eigenvalue weighted by Gasteiger charge is 2.42. The van der Waals surface area contributed by atoms with Gasteiger partial charge in [-0.2, -0.15) is 34.9 Å². The van der Waals surface area contributed by atoms with Crippen LogP contribution in [0, 0.1) is 11.8 Å². The number of ether oxygens (including phenoxy) is 2. The number of rotatable bonds is 24. The fourth-order valence-corrected chi connectivity index (χ4v) is 10.2. The molecule has 17 nitrogen and oxygen atoms in total. The third-order valence-corrected chi connectivity index (χ3v) is 14.2. The second kappa shape index (κ2) is 24.1. The van der Waals surface area contributed by atoms with Gasteiger partial charge in [-0.25, -0.2) is 0 Å². The van der Waals surface area contributed by atoms with Crippen LogP contribution >= 0.6 is 23.2 Å². The van der Waals surface area contributed by atoms with Gasteiger partial charge in [0.05, 0.1) is 38.5 Å². The molecule has 2 heterocycles. The smallest absolute Gasteiger partial charge is 0.280 e. The molecule has 21 heteroatoms. The van der Waals surface area contributed by atoms with Crippen molar-refractivity contribution in [2.75, 3.05) is 52.6 Å². The SMILES string of the molecule is CC(C)C[C@H](NS(=O)(=O)N1CCOCC1)C(=O)N[C@@H](Cc1ccccc1)C(=O)C(Cl)C(=O)C(Cl)C(=O)[C@H](Cc1ccccc1)NC(=O)[C@H](CC(C)C)NS(=O)(=O)N1CCOCC1. The third-order valence-electron chi connectivity index (χ3n) is 10.1. The molecule has 6 atom stereocenters. The van der Waals surface area contributed by atoms with Gasteiger partial charge in [0.15, 0.2) is 28.1 Å². The average Bonchev–Trinajstić information content (AvgIpc) is 3.25. The Kier molecular flexibility index (Phi) is 19.9. The van der Waals surface area contributed by atoms with Crippen molar-refractivity contribution in [3.8, 4) is 0 Å². The van der Waals surface area contributed by atoms with Crippen LogP contribution in [0.25, 0.3) is 0 Å². The van der Waals surface area contributed by atoms with E-state index in [1.165, 1.54) is 0 Å². The Labute approximate surface area is 374 Å². The quantitative estimate of drug-likeness (QED) is 0.0872. The molecule has 4 N–H and O–H groups in total. The maximum Gasteiger partial charge on any atom is 0.280 e. The second-order valence-electron chi connectivity index (χ2n) is 16.1. The molecule has 2 aromatic carbocycles. The first-order valence-corrected chi connectivity index (χ1v) is 24.3. The van der Waals surface area contributed by atoms with E-state index in [0.29, 0.717) is 11.1 Å². The van der Waals surface area contributed by atoms with Crippen molar-refractivity contribution in [3.05, 3.63) is 71.8 Å². The van der Waals surface area contributed by atoms with E-state index in [1.807, 2.05) is 0 Å². The molecule has 2 fully saturated rings. The highest BCUT2D eigenvalue weighted by Crippen LogP contribution is 2.19. The number of Topliss-reactive ketones (excluding diaryl/α,β-unsaturated/α-hetero) is 3. The number of alkyl halides is 2. The number of nitrogens with zero attached hydrogens (tertiary/aromatic N) is 2. The van der Waals surface area contributed by atoms with E-state index in [2.05, 4.69) is 20.1 Å². The zero-order chi connectivity index (χ0) is 45.6. The van der Waals surface area contributed by atoms with Crippen LogP contribution in [0.15, 0.2) is 60.7 Å². The number of hydrogen-bond donors (Lipinski definition) is 4. The van der Waals surface area contributed by atoms with Crippen molar-refractivity contribution < 1.29 is 50.3 Å². The van der Waals surface area contributed by atoms with E-state index >= 15 is 0 Å². The molecule has 4 rings (SSSR count). The summed E-state index contributed by atoms with van der Waals surface area (Å²) in [5, 5.41) is 1.05. The van der Waals surface area contributed by atoms with E-state index < -0.39 is 84.5 Å². The lowest BCUT2D eigenvalue weighted by Crippen LogP contribution is -2.58. The molecule has 0 aliphatic carbocycles. The topological polar surface area (TPSA) is 227 Å². The molecule has 2 amide bonds. The fraction of sp³-hybridized carbons (Fsp3) is 0.585. The lowest BCUT2D eigenvalue weighted by Gasteiger charge is -2.30. The Balaban J connectivity index is 1.57. The van der Waals surface area contributed by atoms with E-state index in [9.17, 15) is 40.8 Å². The minimum Gasteiger partial charge on any atom is -0.379 e. The molecule has 2 aromatic rings. The Bertz CT molecular complexity index is 1890. The molecule has 2 saturated heterocycles. The van der Waals surface area contributed by atoms with Gasteiger partial charge in [-0.3, -0.25) is 24.0 Å². The zero-order valence-corrected chi connectivity index (χ0v) is 38.5. The summed E-state index contributed by atoms with van der Waals surface area (Å²) in [5.41, 5.74) is 1.14. The standard InChI is InChI=1S/C41H58Cl2N6O11S2/c1-27(2)23-33(46-61(55,56)48-15-19-59-20-16-48)40(53)44-31(25-29-11-7-5-8-12-29)37(50)35(42)39(52)36(43)38(51)32(26-30-13-9-6-10-14-30)45-41(54)34(24-28(3)4)47-62(57,58)49-17-21-60-22-18-49/h5-14,27-28,31-36,46-47H,15-26H2,1-4H3,(H,44,53)(H,45,54)/t31-,32-,33-,34-,35?,36?/m0/s1. The van der Waals surface area contributed by atoms with Crippen LogP contribution in [0.2, 0.25) is 0 Å². The van der Waals surface area contributed by atoms with Crippen LogP contribution in [-0.4, -0.2) is 142 Å². The predicted molar refractivity (Wildman–Crippen MR) is 234 cm³/mol. The van der Waals surface area contributed by atoms with Crippen LogP contribution in [-0.2, 0) is 66.7 Å². The predicted octanol–water partition coefficient (Wildman–Crippen LogP) is 1.53. The molecule has 344 valence electrons. The molecule has 62 heavy (non-hydrogen) atoms. The van der Waals surface area contributed by atoms with Crippen molar-refractivity contribution in [2.45, 2.75) is 88.3 Å². The van der Waals surface area contributed by atoms with E-state index in [0.717, 1.165) is 8.61 Å². The minimum absolute atomic E-state index is 0.0599. The van der Waals surface area contributed by atoms with Crippen LogP contribution in [0.4, 0.5) is 0 Å². The zero-order valence-electron chi connectivity index (χ0n) is 35.3. The van der Waals surface area contributed by atoms with Crippen molar-refractivity contribution in [3.63, 3.8) is 0 Å². The largest absolute Gasteiger partial charge is 0.379 e. The molecule has 0 bridgehead atoms. The Morgan fingerprint density at radius 2 is 0.871 bits per heavy atom. The van der Waals surface area contributed by atoms with Crippen LogP contribution in [0.1, 0.15) is 51.7 Å². The van der Waals surface area contributed by atoms with Gasteiger partial charge in [-0.15, -0.1) is 23.2 Å². The number of hydrogen-bond acceptors (Lipinski definition) is 11. The first-order valence-electron chi connectivity index (χ1n) is 20.6. The molecule has 2 aliphatic rings. The first-order chi connectivity index (χ1) is 29.3. The number of nitrogens with one attached hydrogen (secondary N) is 4. The van der Waals surface area contributed by atoms with Gasteiger partial charge in [0.25, 0.3) is 20.4 Å². The minimum atomic E-state index is -4.15. The van der Waals surface area contributed by atoms with Crippen molar-refractivity contribution in [1.29, 1.82) is 0 Å².